The molecule has 1 aliphatic rings. The Morgan fingerprint density at radius 1 is 1.33 bits per heavy atom. The van der Waals surface area contributed by atoms with Gasteiger partial charge in [-0.25, -0.2) is 9.67 Å². The summed E-state index contributed by atoms with van der Waals surface area (Å²) >= 11 is 0. The van der Waals surface area contributed by atoms with Crippen LogP contribution in [0.1, 0.15) is 16.8 Å². The lowest BCUT2D eigenvalue weighted by Crippen LogP contribution is -2.44. The summed E-state index contributed by atoms with van der Waals surface area (Å²) in [5, 5.41) is 21.3. The Morgan fingerprint density at radius 3 is 2.78 bits per heavy atom. The lowest BCUT2D eigenvalue weighted by molar-refractivity contribution is -0.384. The van der Waals surface area contributed by atoms with Gasteiger partial charge in [0.2, 0.25) is 0 Å². The van der Waals surface area contributed by atoms with E-state index in [2.05, 4.69) is 25.6 Å². The van der Waals surface area contributed by atoms with Crippen LogP contribution < -0.4 is 10.6 Å². The molecule has 10 nitrogen and oxygen atoms in total. The fourth-order valence-electron chi connectivity index (χ4n) is 2.88. The molecule has 27 heavy (non-hydrogen) atoms. The molecule has 1 amide bonds. The van der Waals surface area contributed by atoms with Crippen molar-refractivity contribution >= 4 is 24.0 Å². The second kappa shape index (κ2) is 9.95. The monoisotopic (exact) mass is 395 g/mol. The number of nitro groups is 1. The first-order valence-electron chi connectivity index (χ1n) is 8.50. The number of nitrogens with zero attached hydrogens (tertiary/aromatic N) is 5. The van der Waals surface area contributed by atoms with E-state index in [4.69, 9.17) is 0 Å². The Balaban J connectivity index is 0.00000261. The maximum atomic E-state index is 12.3. The van der Waals surface area contributed by atoms with Crippen LogP contribution in [0.25, 0.3) is 5.69 Å². The Bertz CT molecular complexity index is 763. The first-order valence-corrected chi connectivity index (χ1v) is 8.50. The summed E-state index contributed by atoms with van der Waals surface area (Å²) in [7, 11) is 0. The standard InChI is InChI=1S/C16H21N7O3.ClH/c24-16(19-4-1-7-21-8-5-17-6-9-21)13-2-3-14(15(10-13)23(25)26)22-12-18-11-20-22;/h2-3,10-12,17H,1,4-9H2,(H,19,24);1H. The molecule has 0 aliphatic carbocycles. The average molecular weight is 396 g/mol. The molecule has 146 valence electrons. The minimum Gasteiger partial charge on any atom is -0.352 e. The summed E-state index contributed by atoms with van der Waals surface area (Å²) in [6.07, 6.45) is 3.51. The van der Waals surface area contributed by atoms with Crippen LogP contribution >= 0.6 is 12.4 Å². The number of carbonyl (C=O) groups is 1. The molecule has 0 atom stereocenters. The molecule has 1 saturated heterocycles. The highest BCUT2D eigenvalue weighted by Gasteiger charge is 2.19. The van der Waals surface area contributed by atoms with E-state index in [0.717, 1.165) is 39.1 Å². The molecule has 2 N–H and O–H groups in total. The van der Waals surface area contributed by atoms with Gasteiger partial charge in [0, 0.05) is 44.4 Å². The van der Waals surface area contributed by atoms with E-state index in [1.165, 1.54) is 29.5 Å². The predicted molar refractivity (Wildman–Crippen MR) is 102 cm³/mol. The van der Waals surface area contributed by atoms with Crippen LogP contribution in [-0.2, 0) is 0 Å². The maximum absolute atomic E-state index is 12.3. The number of amides is 1. The zero-order valence-electron chi connectivity index (χ0n) is 14.7. The summed E-state index contributed by atoms with van der Waals surface area (Å²) in [5.41, 5.74) is 0.328. The minimum absolute atomic E-state index is 0. The van der Waals surface area contributed by atoms with Gasteiger partial charge in [0.15, 0.2) is 0 Å². The zero-order chi connectivity index (χ0) is 18.4. The third-order valence-corrected chi connectivity index (χ3v) is 4.25. The van der Waals surface area contributed by atoms with Crippen molar-refractivity contribution in [3.05, 3.63) is 46.5 Å². The van der Waals surface area contributed by atoms with Gasteiger partial charge < -0.3 is 15.5 Å². The first kappa shape index (κ1) is 20.7. The van der Waals surface area contributed by atoms with Gasteiger partial charge in [-0.1, -0.05) is 0 Å². The number of rotatable bonds is 7. The van der Waals surface area contributed by atoms with Crippen LogP contribution in [0.2, 0.25) is 0 Å². The number of halogens is 1. The summed E-state index contributed by atoms with van der Waals surface area (Å²) < 4.78 is 1.30. The molecule has 0 saturated carbocycles. The number of benzene rings is 1. The number of aromatic nitrogens is 3. The van der Waals surface area contributed by atoms with Crippen LogP contribution in [0.15, 0.2) is 30.9 Å². The molecule has 2 heterocycles. The largest absolute Gasteiger partial charge is 0.352 e. The van der Waals surface area contributed by atoms with Crippen LogP contribution in [0, 0.1) is 10.1 Å². The Kier molecular flexibility index (Phi) is 7.65. The third-order valence-electron chi connectivity index (χ3n) is 4.25. The molecular formula is C16H22ClN7O3. The van der Waals surface area contributed by atoms with Gasteiger partial charge in [0.25, 0.3) is 11.6 Å². The van der Waals surface area contributed by atoms with Gasteiger partial charge in [-0.05, 0) is 25.1 Å². The summed E-state index contributed by atoms with van der Waals surface area (Å²) in [5.74, 6) is -0.321. The molecule has 3 rings (SSSR count). The van der Waals surface area contributed by atoms with E-state index < -0.39 is 4.92 Å². The van der Waals surface area contributed by atoms with Crippen LogP contribution in [-0.4, -0.2) is 69.8 Å². The number of carbonyl (C=O) groups excluding carboxylic acids is 1. The number of hydrogen-bond donors (Lipinski definition) is 2. The van der Waals surface area contributed by atoms with Crippen LogP contribution in [0.4, 0.5) is 5.69 Å². The minimum atomic E-state index is -0.530. The Morgan fingerprint density at radius 2 is 2.11 bits per heavy atom. The van der Waals surface area contributed by atoms with E-state index in [9.17, 15) is 14.9 Å². The maximum Gasteiger partial charge on any atom is 0.295 e. The molecule has 0 radical (unpaired) electrons. The van der Waals surface area contributed by atoms with Gasteiger partial charge in [-0.3, -0.25) is 14.9 Å². The van der Waals surface area contributed by atoms with Crippen LogP contribution in [0.3, 0.4) is 0 Å². The van der Waals surface area contributed by atoms with Gasteiger partial charge >= 0.3 is 0 Å². The number of nitrogens with one attached hydrogen (secondary N) is 2. The lowest BCUT2D eigenvalue weighted by atomic mass is 10.1. The van der Waals surface area contributed by atoms with Crippen LogP contribution in [0.5, 0.6) is 0 Å². The fraction of sp³-hybridized carbons (Fsp3) is 0.438. The van der Waals surface area contributed by atoms with E-state index in [-0.39, 0.29) is 35.3 Å². The fourth-order valence-corrected chi connectivity index (χ4v) is 2.88. The second-order valence-electron chi connectivity index (χ2n) is 6.00. The second-order valence-corrected chi connectivity index (χ2v) is 6.00. The van der Waals surface area contributed by atoms with Gasteiger partial charge in [-0.2, -0.15) is 5.10 Å². The highest BCUT2D eigenvalue weighted by molar-refractivity contribution is 5.95. The lowest BCUT2D eigenvalue weighted by Gasteiger charge is -2.27. The van der Waals surface area contributed by atoms with Crippen molar-refractivity contribution in [1.82, 2.24) is 30.3 Å². The van der Waals surface area contributed by atoms with Gasteiger partial charge in [0.05, 0.1) is 4.92 Å². The number of nitro benzene ring substituents is 1. The Hall–Kier alpha value is -2.56. The third kappa shape index (κ3) is 5.46. The topological polar surface area (TPSA) is 118 Å². The van der Waals surface area contributed by atoms with Crippen molar-refractivity contribution in [1.29, 1.82) is 0 Å². The number of hydrogen-bond acceptors (Lipinski definition) is 7. The van der Waals surface area contributed by atoms with Gasteiger partial charge in [0.1, 0.15) is 18.3 Å². The highest BCUT2D eigenvalue weighted by atomic mass is 35.5. The van der Waals surface area contributed by atoms with Crippen molar-refractivity contribution < 1.29 is 9.72 Å². The molecule has 1 aromatic carbocycles. The zero-order valence-corrected chi connectivity index (χ0v) is 15.5. The molecule has 1 aromatic heterocycles. The molecule has 0 spiro atoms. The summed E-state index contributed by atoms with van der Waals surface area (Å²) in [6, 6.07) is 4.32. The summed E-state index contributed by atoms with van der Waals surface area (Å²) in [6.45, 7) is 5.48. The quantitative estimate of drug-likeness (QED) is 0.401. The average Bonchev–Trinajstić information content (AvgIpc) is 3.20. The summed E-state index contributed by atoms with van der Waals surface area (Å²) in [4.78, 5) is 29.2. The molecule has 2 aromatic rings. The molecule has 1 aliphatic heterocycles. The van der Waals surface area contributed by atoms with E-state index >= 15 is 0 Å². The van der Waals surface area contributed by atoms with Gasteiger partial charge in [-0.15, -0.1) is 12.4 Å². The van der Waals surface area contributed by atoms with E-state index in [0.29, 0.717) is 6.54 Å². The molecule has 1 fully saturated rings. The first-order chi connectivity index (χ1) is 12.6. The van der Waals surface area contributed by atoms with Crippen molar-refractivity contribution in [2.24, 2.45) is 0 Å². The van der Waals surface area contributed by atoms with Crippen molar-refractivity contribution in [3.8, 4) is 5.69 Å². The molecule has 11 heteroatoms. The van der Waals surface area contributed by atoms with E-state index in [1.54, 1.807) is 6.07 Å². The highest BCUT2D eigenvalue weighted by Crippen LogP contribution is 2.23. The van der Waals surface area contributed by atoms with Crippen molar-refractivity contribution in [3.63, 3.8) is 0 Å². The van der Waals surface area contributed by atoms with Crippen molar-refractivity contribution in [2.45, 2.75) is 6.42 Å². The Labute approximate surface area is 162 Å². The SMILES string of the molecule is Cl.O=C(NCCCN1CCNCC1)c1ccc(-n2cncn2)c([N+](=O)[O-])c1. The predicted octanol–water partition coefficient (Wildman–Crippen LogP) is 0.622. The molecule has 0 bridgehead atoms. The molecular weight excluding hydrogens is 374 g/mol. The molecule has 0 unspecified atom stereocenters. The number of piperazine rings is 1. The van der Waals surface area contributed by atoms with Crippen molar-refractivity contribution in [2.75, 3.05) is 39.3 Å². The smallest absolute Gasteiger partial charge is 0.295 e. The van der Waals surface area contributed by atoms with E-state index in [1.807, 2.05) is 0 Å². The normalized spacial score (nSPS) is 14.4.